The van der Waals surface area contributed by atoms with Crippen LogP contribution in [0.5, 0.6) is 0 Å². The van der Waals surface area contributed by atoms with Gasteiger partial charge in [-0.2, -0.15) is 5.26 Å². The fraction of sp³-hybridized carbons (Fsp3) is 0.923. The maximum atomic E-state index is 9.20. The minimum absolute atomic E-state index is 0.347. The normalized spacial score (nSPS) is 15.5. The average Bonchev–Trinajstić information content (AvgIpc) is 2.13. The van der Waals surface area contributed by atoms with E-state index in [9.17, 15) is 5.26 Å². The summed E-state index contributed by atoms with van der Waals surface area (Å²) in [5, 5.41) is 12.5. The summed E-state index contributed by atoms with van der Waals surface area (Å²) in [5.74, 6) is 0.677. The molecule has 0 radical (unpaired) electrons. The van der Waals surface area contributed by atoms with Crippen molar-refractivity contribution in [2.24, 2.45) is 5.92 Å². The van der Waals surface area contributed by atoms with Crippen molar-refractivity contribution in [3.8, 4) is 6.07 Å². The predicted octanol–water partition coefficient (Wildman–Crippen LogP) is 2.24. The largest absolute Gasteiger partial charge is 0.306 e. The highest BCUT2D eigenvalue weighted by Crippen LogP contribution is 2.10. The maximum absolute atomic E-state index is 9.20. The quantitative estimate of drug-likeness (QED) is 0.722. The monoisotopic (exact) mass is 225 g/mol. The molecule has 3 heteroatoms. The van der Waals surface area contributed by atoms with Gasteiger partial charge in [-0.15, -0.1) is 0 Å². The van der Waals surface area contributed by atoms with Gasteiger partial charge in [0.05, 0.1) is 6.07 Å². The van der Waals surface area contributed by atoms with E-state index >= 15 is 0 Å². The molecule has 0 aliphatic rings. The van der Waals surface area contributed by atoms with Gasteiger partial charge < -0.3 is 4.90 Å². The Bertz CT molecular complexity index is 230. The molecular weight excluding hydrogens is 198 g/mol. The highest BCUT2D eigenvalue weighted by Gasteiger charge is 2.24. The van der Waals surface area contributed by atoms with Crippen LogP contribution in [0.2, 0.25) is 0 Å². The van der Waals surface area contributed by atoms with Crippen molar-refractivity contribution in [1.29, 1.82) is 5.26 Å². The second kappa shape index (κ2) is 6.88. The third-order valence-corrected chi connectivity index (χ3v) is 2.52. The van der Waals surface area contributed by atoms with Gasteiger partial charge in [-0.05, 0) is 40.2 Å². The first-order chi connectivity index (χ1) is 7.29. The second-order valence-corrected chi connectivity index (χ2v) is 5.65. The lowest BCUT2D eigenvalue weighted by molar-refractivity contribution is 0.257. The smallest absolute Gasteiger partial charge is 0.105 e. The highest BCUT2D eigenvalue weighted by atomic mass is 15.1. The van der Waals surface area contributed by atoms with Crippen LogP contribution < -0.4 is 5.32 Å². The van der Waals surface area contributed by atoms with E-state index in [-0.39, 0.29) is 0 Å². The molecule has 0 amide bonds. The Kier molecular flexibility index (Phi) is 6.62. The molecule has 0 aliphatic carbocycles. The fourth-order valence-electron chi connectivity index (χ4n) is 1.93. The molecule has 0 aromatic heterocycles. The van der Waals surface area contributed by atoms with Crippen molar-refractivity contribution in [1.82, 2.24) is 10.2 Å². The molecule has 1 unspecified atom stereocenters. The average molecular weight is 225 g/mol. The van der Waals surface area contributed by atoms with E-state index < -0.39 is 5.54 Å². The summed E-state index contributed by atoms with van der Waals surface area (Å²) in [6.45, 7) is 12.6. The van der Waals surface area contributed by atoms with E-state index in [1.165, 1.54) is 0 Å². The number of nitrogens with zero attached hydrogens (tertiary/aromatic N) is 2. The Morgan fingerprint density at radius 2 is 1.88 bits per heavy atom. The van der Waals surface area contributed by atoms with Crippen molar-refractivity contribution < 1.29 is 0 Å². The third kappa shape index (κ3) is 6.81. The molecule has 3 nitrogen and oxygen atoms in total. The second-order valence-electron chi connectivity index (χ2n) is 5.65. The molecule has 0 rings (SSSR count). The molecule has 16 heavy (non-hydrogen) atoms. The molecule has 0 fully saturated rings. The lowest BCUT2D eigenvalue weighted by Gasteiger charge is -2.28. The Morgan fingerprint density at radius 3 is 2.25 bits per heavy atom. The fourth-order valence-corrected chi connectivity index (χ4v) is 1.93. The van der Waals surface area contributed by atoms with Crippen molar-refractivity contribution >= 4 is 0 Å². The SMILES string of the molecule is CC(C)CN(C)CCC(C)(C#N)NC(C)C. The standard InChI is InChI=1S/C13H27N3/c1-11(2)9-16(6)8-7-13(5,10-14)15-12(3)4/h11-12,15H,7-9H2,1-6H3. The van der Waals surface area contributed by atoms with E-state index in [1.807, 2.05) is 6.92 Å². The molecule has 0 saturated carbocycles. The Balaban J connectivity index is 4.09. The minimum atomic E-state index is -0.403. The maximum Gasteiger partial charge on any atom is 0.105 e. The first-order valence-corrected chi connectivity index (χ1v) is 6.16. The van der Waals surface area contributed by atoms with Crippen LogP contribution in [-0.4, -0.2) is 36.6 Å². The molecule has 0 aliphatic heterocycles. The third-order valence-electron chi connectivity index (χ3n) is 2.52. The number of hydrogen-bond acceptors (Lipinski definition) is 3. The summed E-state index contributed by atoms with van der Waals surface area (Å²) in [7, 11) is 2.12. The summed E-state index contributed by atoms with van der Waals surface area (Å²) < 4.78 is 0. The van der Waals surface area contributed by atoms with Crippen molar-refractivity contribution in [3.63, 3.8) is 0 Å². The van der Waals surface area contributed by atoms with Crippen molar-refractivity contribution in [2.75, 3.05) is 20.1 Å². The van der Waals surface area contributed by atoms with Gasteiger partial charge in [0.1, 0.15) is 5.54 Å². The van der Waals surface area contributed by atoms with Crippen LogP contribution in [-0.2, 0) is 0 Å². The molecule has 0 bridgehead atoms. The summed E-state index contributed by atoms with van der Waals surface area (Å²) in [5.41, 5.74) is -0.403. The van der Waals surface area contributed by atoms with Gasteiger partial charge in [0.25, 0.3) is 0 Å². The zero-order valence-electron chi connectivity index (χ0n) is 11.7. The van der Waals surface area contributed by atoms with Crippen LogP contribution in [0.3, 0.4) is 0 Å². The molecule has 94 valence electrons. The van der Waals surface area contributed by atoms with Gasteiger partial charge in [-0.3, -0.25) is 5.32 Å². The number of rotatable bonds is 7. The Hall–Kier alpha value is -0.590. The van der Waals surface area contributed by atoms with Crippen LogP contribution in [0.1, 0.15) is 41.0 Å². The summed E-state index contributed by atoms with van der Waals surface area (Å²) in [6, 6.07) is 2.73. The number of hydrogen-bond donors (Lipinski definition) is 1. The van der Waals surface area contributed by atoms with Crippen LogP contribution in [0.15, 0.2) is 0 Å². The summed E-state index contributed by atoms with van der Waals surface area (Å²) in [6.07, 6.45) is 0.866. The van der Waals surface area contributed by atoms with Gasteiger partial charge in [-0.25, -0.2) is 0 Å². The van der Waals surface area contributed by atoms with E-state index in [2.05, 4.69) is 51.0 Å². The number of nitriles is 1. The Labute approximate surface area is 101 Å². The van der Waals surface area contributed by atoms with E-state index in [4.69, 9.17) is 0 Å². The van der Waals surface area contributed by atoms with Crippen LogP contribution in [0.4, 0.5) is 0 Å². The molecule has 0 heterocycles. The summed E-state index contributed by atoms with van der Waals surface area (Å²) >= 11 is 0. The van der Waals surface area contributed by atoms with Gasteiger partial charge >= 0.3 is 0 Å². The van der Waals surface area contributed by atoms with Crippen LogP contribution in [0, 0.1) is 17.2 Å². The van der Waals surface area contributed by atoms with E-state index in [1.54, 1.807) is 0 Å². The topological polar surface area (TPSA) is 39.1 Å². The highest BCUT2D eigenvalue weighted by molar-refractivity contribution is 5.04. The predicted molar refractivity (Wildman–Crippen MR) is 69.2 cm³/mol. The molecule has 0 spiro atoms. The van der Waals surface area contributed by atoms with Gasteiger partial charge in [-0.1, -0.05) is 13.8 Å². The minimum Gasteiger partial charge on any atom is -0.306 e. The summed E-state index contributed by atoms with van der Waals surface area (Å²) in [4.78, 5) is 2.29. The van der Waals surface area contributed by atoms with Gasteiger partial charge in [0.2, 0.25) is 0 Å². The van der Waals surface area contributed by atoms with Gasteiger partial charge in [0.15, 0.2) is 0 Å². The molecule has 0 aromatic rings. The number of nitrogens with one attached hydrogen (secondary N) is 1. The van der Waals surface area contributed by atoms with Gasteiger partial charge in [0, 0.05) is 19.1 Å². The molecule has 1 atom stereocenters. The van der Waals surface area contributed by atoms with Crippen LogP contribution in [0.25, 0.3) is 0 Å². The van der Waals surface area contributed by atoms with E-state index in [0.717, 1.165) is 19.5 Å². The first kappa shape index (κ1) is 15.4. The molecule has 0 aromatic carbocycles. The van der Waals surface area contributed by atoms with Crippen LogP contribution >= 0.6 is 0 Å². The molecule has 0 saturated heterocycles. The van der Waals surface area contributed by atoms with Crippen molar-refractivity contribution in [2.45, 2.75) is 52.6 Å². The zero-order chi connectivity index (χ0) is 12.8. The molecule has 1 N–H and O–H groups in total. The zero-order valence-corrected chi connectivity index (χ0v) is 11.7. The first-order valence-electron chi connectivity index (χ1n) is 6.16. The van der Waals surface area contributed by atoms with Crippen molar-refractivity contribution in [3.05, 3.63) is 0 Å². The Morgan fingerprint density at radius 1 is 1.31 bits per heavy atom. The molecular formula is C13H27N3. The lowest BCUT2D eigenvalue weighted by atomic mass is 9.98. The van der Waals surface area contributed by atoms with E-state index in [0.29, 0.717) is 12.0 Å². The lowest BCUT2D eigenvalue weighted by Crippen LogP contribution is -2.47.